The quantitative estimate of drug-likeness (QED) is 0.841. The van der Waals surface area contributed by atoms with E-state index < -0.39 is 23.9 Å². The minimum atomic E-state index is -1.06. The molecule has 3 rings (SSSR count). The second kappa shape index (κ2) is 7.15. The molecule has 26 heavy (non-hydrogen) atoms. The SMILES string of the molecule is CC1CCC(C(=O)O)CN1C(=O)C1=NN(c2ccccc2)C(C(=O)O)C1. The summed E-state index contributed by atoms with van der Waals surface area (Å²) in [6.07, 6.45) is 1.12. The Hall–Kier alpha value is -2.90. The first kappa shape index (κ1) is 17.9. The third kappa shape index (κ3) is 3.40. The molecule has 1 amide bonds. The molecule has 0 saturated carbocycles. The Morgan fingerprint density at radius 1 is 1.08 bits per heavy atom. The Morgan fingerprint density at radius 3 is 2.38 bits per heavy atom. The van der Waals surface area contributed by atoms with Gasteiger partial charge in [-0.15, -0.1) is 0 Å². The van der Waals surface area contributed by atoms with Crippen molar-refractivity contribution < 1.29 is 24.6 Å². The fourth-order valence-corrected chi connectivity index (χ4v) is 3.41. The fraction of sp³-hybridized carbons (Fsp3) is 0.444. The highest BCUT2D eigenvalue weighted by Crippen LogP contribution is 2.28. The molecule has 1 aromatic rings. The summed E-state index contributed by atoms with van der Waals surface area (Å²) in [7, 11) is 0. The van der Waals surface area contributed by atoms with Crippen molar-refractivity contribution in [2.45, 2.75) is 38.3 Å². The lowest BCUT2D eigenvalue weighted by atomic mass is 9.93. The number of nitrogens with zero attached hydrogens (tertiary/aromatic N) is 3. The number of carboxylic acid groups (broad SMARTS) is 2. The molecular formula is C18H21N3O5. The summed E-state index contributed by atoms with van der Waals surface area (Å²) in [6, 6.07) is 7.77. The van der Waals surface area contributed by atoms with Gasteiger partial charge < -0.3 is 15.1 Å². The molecule has 2 aliphatic heterocycles. The predicted molar refractivity (Wildman–Crippen MR) is 93.9 cm³/mol. The van der Waals surface area contributed by atoms with Crippen molar-refractivity contribution in [3.8, 4) is 0 Å². The van der Waals surface area contributed by atoms with Gasteiger partial charge in [0.25, 0.3) is 5.91 Å². The number of hydrazone groups is 1. The molecule has 0 aliphatic carbocycles. The number of carboxylic acids is 2. The highest BCUT2D eigenvalue weighted by atomic mass is 16.4. The van der Waals surface area contributed by atoms with E-state index in [1.165, 1.54) is 9.91 Å². The Kier molecular flexibility index (Phi) is 4.92. The van der Waals surface area contributed by atoms with Crippen LogP contribution in [0.25, 0.3) is 0 Å². The average molecular weight is 359 g/mol. The molecule has 1 aromatic carbocycles. The first-order valence-corrected chi connectivity index (χ1v) is 8.56. The van der Waals surface area contributed by atoms with Crippen LogP contribution < -0.4 is 5.01 Å². The third-order valence-corrected chi connectivity index (χ3v) is 4.96. The zero-order valence-electron chi connectivity index (χ0n) is 14.4. The number of aliphatic carboxylic acids is 2. The second-order valence-corrected chi connectivity index (χ2v) is 6.70. The first-order chi connectivity index (χ1) is 12.4. The number of carbonyl (C=O) groups is 3. The zero-order chi connectivity index (χ0) is 18.8. The van der Waals surface area contributed by atoms with Crippen molar-refractivity contribution in [2.24, 2.45) is 11.0 Å². The van der Waals surface area contributed by atoms with Gasteiger partial charge in [0.15, 0.2) is 6.04 Å². The molecule has 0 radical (unpaired) electrons. The molecule has 3 atom stereocenters. The molecule has 0 aromatic heterocycles. The number of benzene rings is 1. The molecule has 0 bridgehead atoms. The number of anilines is 1. The van der Waals surface area contributed by atoms with Crippen LogP contribution in [0, 0.1) is 5.92 Å². The van der Waals surface area contributed by atoms with Gasteiger partial charge in [0.05, 0.1) is 11.6 Å². The van der Waals surface area contributed by atoms with Gasteiger partial charge in [-0.05, 0) is 31.9 Å². The van der Waals surface area contributed by atoms with Crippen LogP contribution in [0.5, 0.6) is 0 Å². The minimum absolute atomic E-state index is 0.00990. The van der Waals surface area contributed by atoms with Gasteiger partial charge in [0.2, 0.25) is 0 Å². The summed E-state index contributed by atoms with van der Waals surface area (Å²) in [5.74, 6) is -2.96. The largest absolute Gasteiger partial charge is 0.481 e. The smallest absolute Gasteiger partial charge is 0.328 e. The van der Waals surface area contributed by atoms with Crippen LogP contribution in [0.2, 0.25) is 0 Å². The van der Waals surface area contributed by atoms with Gasteiger partial charge in [0.1, 0.15) is 5.71 Å². The van der Waals surface area contributed by atoms with Gasteiger partial charge in [0, 0.05) is 19.0 Å². The van der Waals surface area contributed by atoms with E-state index in [1.54, 1.807) is 24.3 Å². The van der Waals surface area contributed by atoms with Crippen LogP contribution in [0.3, 0.4) is 0 Å². The van der Waals surface area contributed by atoms with Crippen molar-refractivity contribution in [3.05, 3.63) is 30.3 Å². The standard InChI is InChI=1S/C18H21N3O5/c1-11-7-8-12(17(23)24)10-20(11)16(22)14-9-15(18(25)26)21(19-14)13-5-3-2-4-6-13/h2-6,11-12,15H,7-10H2,1H3,(H,23,24)(H,25,26). The van der Waals surface area contributed by atoms with E-state index in [0.717, 1.165) is 0 Å². The molecule has 2 heterocycles. The number of hydrogen-bond acceptors (Lipinski definition) is 5. The van der Waals surface area contributed by atoms with Crippen LogP contribution >= 0.6 is 0 Å². The van der Waals surface area contributed by atoms with E-state index >= 15 is 0 Å². The number of likely N-dealkylation sites (tertiary alicyclic amines) is 1. The second-order valence-electron chi connectivity index (χ2n) is 6.70. The molecule has 1 fully saturated rings. The van der Waals surface area contributed by atoms with Crippen LogP contribution in [0.15, 0.2) is 35.4 Å². The maximum absolute atomic E-state index is 12.9. The van der Waals surface area contributed by atoms with Gasteiger partial charge in [-0.1, -0.05) is 18.2 Å². The molecule has 138 valence electrons. The molecule has 1 saturated heterocycles. The average Bonchev–Trinajstić information content (AvgIpc) is 3.08. The summed E-state index contributed by atoms with van der Waals surface area (Å²) >= 11 is 0. The van der Waals surface area contributed by atoms with E-state index in [2.05, 4.69) is 5.10 Å². The van der Waals surface area contributed by atoms with E-state index in [9.17, 15) is 24.6 Å². The van der Waals surface area contributed by atoms with Crippen LogP contribution in [0.4, 0.5) is 5.69 Å². The summed E-state index contributed by atoms with van der Waals surface area (Å²) in [5.41, 5.74) is 0.747. The van der Waals surface area contributed by atoms with Crippen molar-refractivity contribution >= 4 is 29.2 Å². The lowest BCUT2D eigenvalue weighted by Crippen LogP contribution is -2.49. The highest BCUT2D eigenvalue weighted by molar-refractivity contribution is 6.40. The van der Waals surface area contributed by atoms with E-state index in [1.807, 2.05) is 13.0 Å². The summed E-state index contributed by atoms with van der Waals surface area (Å²) in [6.45, 7) is 1.99. The van der Waals surface area contributed by atoms with Crippen molar-refractivity contribution in [1.82, 2.24) is 4.90 Å². The number of para-hydroxylation sites is 1. The van der Waals surface area contributed by atoms with Crippen molar-refractivity contribution in [1.29, 1.82) is 0 Å². The monoisotopic (exact) mass is 359 g/mol. The Morgan fingerprint density at radius 2 is 1.77 bits per heavy atom. The molecule has 0 spiro atoms. The molecular weight excluding hydrogens is 338 g/mol. The van der Waals surface area contributed by atoms with Crippen LogP contribution in [-0.2, 0) is 14.4 Å². The predicted octanol–water partition coefficient (Wildman–Crippen LogP) is 1.42. The van der Waals surface area contributed by atoms with Gasteiger partial charge in [-0.3, -0.25) is 14.6 Å². The lowest BCUT2D eigenvalue weighted by Gasteiger charge is -2.36. The van der Waals surface area contributed by atoms with Crippen molar-refractivity contribution in [3.63, 3.8) is 0 Å². The zero-order valence-corrected chi connectivity index (χ0v) is 14.4. The summed E-state index contributed by atoms with van der Waals surface area (Å²) in [4.78, 5) is 37.3. The summed E-state index contributed by atoms with van der Waals surface area (Å²) < 4.78 is 0. The van der Waals surface area contributed by atoms with Gasteiger partial charge in [-0.25, -0.2) is 4.79 Å². The Labute approximate surface area is 150 Å². The van der Waals surface area contributed by atoms with Crippen LogP contribution in [-0.4, -0.2) is 57.3 Å². The van der Waals surface area contributed by atoms with E-state index in [0.29, 0.717) is 18.5 Å². The van der Waals surface area contributed by atoms with Gasteiger partial charge >= 0.3 is 11.9 Å². The number of amides is 1. The maximum atomic E-state index is 12.9. The van der Waals surface area contributed by atoms with Crippen molar-refractivity contribution in [2.75, 3.05) is 11.6 Å². The highest BCUT2D eigenvalue weighted by Gasteiger charge is 2.40. The van der Waals surface area contributed by atoms with Gasteiger partial charge in [-0.2, -0.15) is 5.10 Å². The molecule has 8 heteroatoms. The molecule has 3 unspecified atom stereocenters. The molecule has 2 aliphatic rings. The third-order valence-electron chi connectivity index (χ3n) is 4.96. The fourth-order valence-electron chi connectivity index (χ4n) is 3.41. The number of rotatable bonds is 4. The molecule has 8 nitrogen and oxygen atoms in total. The topological polar surface area (TPSA) is 111 Å². The number of hydrogen-bond donors (Lipinski definition) is 2. The van der Waals surface area contributed by atoms with Crippen LogP contribution in [0.1, 0.15) is 26.2 Å². The molecule has 2 N–H and O–H groups in total. The van der Waals surface area contributed by atoms with E-state index in [4.69, 9.17) is 0 Å². The summed E-state index contributed by atoms with van der Waals surface area (Å²) in [5, 5.41) is 24.4. The Balaban J connectivity index is 1.84. The van der Waals surface area contributed by atoms with E-state index in [-0.39, 0.29) is 30.6 Å². The Bertz CT molecular complexity index is 748. The first-order valence-electron chi connectivity index (χ1n) is 8.56. The number of carbonyl (C=O) groups excluding carboxylic acids is 1. The number of piperidine rings is 1. The minimum Gasteiger partial charge on any atom is -0.481 e. The maximum Gasteiger partial charge on any atom is 0.328 e. The lowest BCUT2D eigenvalue weighted by molar-refractivity contribution is -0.145. The normalized spacial score (nSPS) is 25.7.